The number of carbonyl (C=O) groups is 1. The van der Waals surface area contributed by atoms with Gasteiger partial charge in [-0.2, -0.15) is 0 Å². The van der Waals surface area contributed by atoms with E-state index in [9.17, 15) is 4.79 Å². The number of nitrogens with one attached hydrogen (secondary N) is 1. The largest absolute Gasteiger partial charge is 0.378 e. The van der Waals surface area contributed by atoms with Gasteiger partial charge in [-0.25, -0.2) is 0 Å². The predicted molar refractivity (Wildman–Crippen MR) is 89.4 cm³/mol. The molecule has 1 saturated carbocycles. The molecule has 0 unspecified atom stereocenters. The maximum Gasteiger partial charge on any atom is 0.251 e. The first-order valence-corrected chi connectivity index (χ1v) is 8.50. The first-order chi connectivity index (χ1) is 11.2. The van der Waals surface area contributed by atoms with Gasteiger partial charge in [0.25, 0.3) is 5.91 Å². The number of amides is 1. The summed E-state index contributed by atoms with van der Waals surface area (Å²) >= 11 is 0. The second-order valence-corrected chi connectivity index (χ2v) is 6.73. The third-order valence-electron chi connectivity index (χ3n) is 5.19. The Hall–Kier alpha value is -1.94. The van der Waals surface area contributed by atoms with Crippen LogP contribution in [-0.2, 0) is 4.74 Å². The highest BCUT2D eigenvalue weighted by Gasteiger charge is 2.38. The average Bonchev–Trinajstić information content (AvgIpc) is 3.04. The minimum absolute atomic E-state index is 0.0185. The van der Waals surface area contributed by atoms with Crippen LogP contribution in [0, 0.1) is 12.8 Å². The van der Waals surface area contributed by atoms with E-state index in [1.165, 1.54) is 0 Å². The highest BCUT2D eigenvalue weighted by atomic mass is 16.5. The highest BCUT2D eigenvalue weighted by Crippen LogP contribution is 2.34. The lowest BCUT2D eigenvalue weighted by Gasteiger charge is -2.33. The Labute approximate surface area is 136 Å². The molecule has 2 aromatic rings. The molecule has 2 heterocycles. The topological polar surface area (TPSA) is 51.2 Å². The number of aromatic nitrogens is 1. The molecule has 0 radical (unpaired) electrons. The molecule has 1 aromatic heterocycles. The Bertz CT molecular complexity index is 743. The van der Waals surface area contributed by atoms with Crippen LogP contribution in [0.2, 0.25) is 0 Å². The van der Waals surface area contributed by atoms with Gasteiger partial charge >= 0.3 is 0 Å². The summed E-state index contributed by atoms with van der Waals surface area (Å²) in [6.07, 6.45) is 4.74. The van der Waals surface area contributed by atoms with Crippen molar-refractivity contribution in [2.24, 2.45) is 5.92 Å². The van der Waals surface area contributed by atoms with E-state index in [2.05, 4.69) is 10.3 Å². The zero-order valence-corrected chi connectivity index (χ0v) is 13.4. The fraction of sp³-hybridized carbons (Fsp3) is 0.474. The number of nitrogens with zero attached hydrogens (tertiary/aromatic N) is 1. The van der Waals surface area contributed by atoms with Crippen molar-refractivity contribution in [2.45, 2.75) is 44.8 Å². The van der Waals surface area contributed by atoms with Crippen molar-refractivity contribution >= 4 is 16.8 Å². The van der Waals surface area contributed by atoms with Gasteiger partial charge in [-0.05, 0) is 56.9 Å². The van der Waals surface area contributed by atoms with E-state index in [0.29, 0.717) is 17.6 Å². The number of fused-ring (bicyclic) bond motifs is 2. The van der Waals surface area contributed by atoms with Crippen molar-refractivity contribution in [1.29, 1.82) is 0 Å². The second-order valence-electron chi connectivity index (χ2n) is 6.73. The minimum Gasteiger partial charge on any atom is -0.378 e. The molecule has 1 aliphatic heterocycles. The standard InChI is InChI=1S/C19H22N2O2/c1-12-5-6-13-11-14(7-8-16(13)20-12)19(22)21-17-3-2-4-18-15(17)9-10-23-18/h5-8,11,15,17-18H,2-4,9-10H2,1H3,(H,21,22)/t15-,17-,18+/m1/s1. The molecule has 2 fully saturated rings. The monoisotopic (exact) mass is 310 g/mol. The molecule has 120 valence electrons. The molecule has 4 heteroatoms. The lowest BCUT2D eigenvalue weighted by atomic mass is 9.81. The fourth-order valence-electron chi connectivity index (χ4n) is 3.98. The molecule has 4 nitrogen and oxygen atoms in total. The number of aryl methyl sites for hydroxylation is 1. The molecule has 1 aliphatic carbocycles. The third-order valence-corrected chi connectivity index (χ3v) is 5.19. The van der Waals surface area contributed by atoms with Crippen molar-refractivity contribution in [3.05, 3.63) is 41.6 Å². The number of hydrogen-bond acceptors (Lipinski definition) is 3. The smallest absolute Gasteiger partial charge is 0.251 e. The van der Waals surface area contributed by atoms with Gasteiger partial charge in [0.2, 0.25) is 0 Å². The zero-order chi connectivity index (χ0) is 15.8. The Balaban J connectivity index is 1.53. The van der Waals surface area contributed by atoms with Gasteiger partial charge < -0.3 is 10.1 Å². The van der Waals surface area contributed by atoms with Crippen molar-refractivity contribution in [3.8, 4) is 0 Å². The molecule has 1 N–H and O–H groups in total. The summed E-state index contributed by atoms with van der Waals surface area (Å²) in [7, 11) is 0. The number of hydrogen-bond donors (Lipinski definition) is 1. The Morgan fingerprint density at radius 3 is 3.04 bits per heavy atom. The molecule has 1 aromatic carbocycles. The molecular weight excluding hydrogens is 288 g/mol. The Morgan fingerprint density at radius 2 is 2.13 bits per heavy atom. The molecule has 1 saturated heterocycles. The zero-order valence-electron chi connectivity index (χ0n) is 13.4. The maximum atomic E-state index is 12.6. The molecule has 4 rings (SSSR count). The van der Waals surface area contributed by atoms with Gasteiger partial charge in [-0.15, -0.1) is 0 Å². The molecule has 0 spiro atoms. The molecule has 1 amide bonds. The first kappa shape index (κ1) is 14.6. The summed E-state index contributed by atoms with van der Waals surface area (Å²) in [6, 6.07) is 9.98. The van der Waals surface area contributed by atoms with Gasteiger partial charge in [0.05, 0.1) is 11.6 Å². The number of benzene rings is 1. The van der Waals surface area contributed by atoms with Crippen LogP contribution < -0.4 is 5.32 Å². The van der Waals surface area contributed by atoms with Crippen LogP contribution in [0.1, 0.15) is 41.7 Å². The van der Waals surface area contributed by atoms with Gasteiger partial charge in [0.1, 0.15) is 0 Å². The lowest BCUT2D eigenvalue weighted by Crippen LogP contribution is -2.45. The normalized spacial score (nSPS) is 26.9. The average molecular weight is 310 g/mol. The SMILES string of the molecule is Cc1ccc2cc(C(=O)N[C@@H]3CCC[C@@H]4OCC[C@@H]43)ccc2n1. The summed E-state index contributed by atoms with van der Waals surface area (Å²) in [5.74, 6) is 0.502. The van der Waals surface area contributed by atoms with Crippen LogP contribution in [0.3, 0.4) is 0 Å². The van der Waals surface area contributed by atoms with E-state index in [-0.39, 0.29) is 11.9 Å². The van der Waals surface area contributed by atoms with Crippen LogP contribution >= 0.6 is 0 Å². The van der Waals surface area contributed by atoms with Gasteiger partial charge in [0, 0.05) is 35.2 Å². The van der Waals surface area contributed by atoms with Crippen molar-refractivity contribution < 1.29 is 9.53 Å². The summed E-state index contributed by atoms with van der Waals surface area (Å²) in [5.41, 5.74) is 2.64. The number of pyridine rings is 1. The van der Waals surface area contributed by atoms with Crippen LogP contribution in [0.4, 0.5) is 0 Å². The number of carbonyl (C=O) groups excluding carboxylic acids is 1. The molecule has 0 bridgehead atoms. The van der Waals surface area contributed by atoms with Gasteiger partial charge in [-0.3, -0.25) is 9.78 Å². The summed E-state index contributed by atoms with van der Waals surface area (Å²) in [4.78, 5) is 17.1. The van der Waals surface area contributed by atoms with E-state index < -0.39 is 0 Å². The molecular formula is C19H22N2O2. The Kier molecular flexibility index (Phi) is 3.77. The van der Waals surface area contributed by atoms with Crippen LogP contribution in [0.5, 0.6) is 0 Å². The summed E-state index contributed by atoms with van der Waals surface area (Å²) in [5, 5.41) is 4.25. The van der Waals surface area contributed by atoms with E-state index in [4.69, 9.17) is 4.74 Å². The summed E-state index contributed by atoms with van der Waals surface area (Å²) in [6.45, 7) is 2.81. The third kappa shape index (κ3) is 2.83. The van der Waals surface area contributed by atoms with E-state index >= 15 is 0 Å². The number of rotatable bonds is 2. The Morgan fingerprint density at radius 1 is 1.22 bits per heavy atom. The highest BCUT2D eigenvalue weighted by molar-refractivity contribution is 5.98. The van der Waals surface area contributed by atoms with Gasteiger partial charge in [0.15, 0.2) is 0 Å². The summed E-state index contributed by atoms with van der Waals surface area (Å²) < 4.78 is 5.78. The molecule has 2 aliphatic rings. The van der Waals surface area contributed by atoms with E-state index in [1.54, 1.807) is 0 Å². The predicted octanol–water partition coefficient (Wildman–Crippen LogP) is 3.23. The van der Waals surface area contributed by atoms with E-state index in [1.807, 2.05) is 37.3 Å². The minimum atomic E-state index is 0.0185. The van der Waals surface area contributed by atoms with Crippen LogP contribution in [0.15, 0.2) is 30.3 Å². The van der Waals surface area contributed by atoms with Crippen molar-refractivity contribution in [3.63, 3.8) is 0 Å². The molecule has 23 heavy (non-hydrogen) atoms. The first-order valence-electron chi connectivity index (χ1n) is 8.50. The number of ether oxygens (including phenoxy) is 1. The van der Waals surface area contributed by atoms with E-state index in [0.717, 1.165) is 48.9 Å². The fourth-order valence-corrected chi connectivity index (χ4v) is 3.98. The maximum absolute atomic E-state index is 12.6. The quantitative estimate of drug-likeness (QED) is 0.926. The van der Waals surface area contributed by atoms with Crippen LogP contribution in [-0.4, -0.2) is 29.6 Å². The molecule has 3 atom stereocenters. The van der Waals surface area contributed by atoms with Crippen LogP contribution in [0.25, 0.3) is 10.9 Å². The second kappa shape index (κ2) is 5.93. The van der Waals surface area contributed by atoms with Gasteiger partial charge in [-0.1, -0.05) is 6.07 Å². The lowest BCUT2D eigenvalue weighted by molar-refractivity contribution is 0.0510. The van der Waals surface area contributed by atoms with Crippen molar-refractivity contribution in [1.82, 2.24) is 10.3 Å². The van der Waals surface area contributed by atoms with Crippen molar-refractivity contribution in [2.75, 3.05) is 6.61 Å².